The summed E-state index contributed by atoms with van der Waals surface area (Å²) in [6.45, 7) is 3.92. The standard InChI is InChI=1S/C11H17N3O2/c1-8-6-12-11(13-7-8)14-9(2)4-3-5-10(15)16/h6-7,9H,3-5H2,1-2H3,(H,15,16)(H,12,13,14). The van der Waals surface area contributed by atoms with Crippen LogP contribution in [0.5, 0.6) is 0 Å². The minimum absolute atomic E-state index is 0.182. The Morgan fingerprint density at radius 1 is 1.50 bits per heavy atom. The van der Waals surface area contributed by atoms with Crippen LogP contribution < -0.4 is 5.32 Å². The van der Waals surface area contributed by atoms with Crippen LogP contribution in [-0.4, -0.2) is 27.1 Å². The van der Waals surface area contributed by atoms with E-state index in [-0.39, 0.29) is 12.5 Å². The van der Waals surface area contributed by atoms with Crippen molar-refractivity contribution in [2.75, 3.05) is 5.32 Å². The second-order valence-electron chi connectivity index (χ2n) is 3.92. The Balaban J connectivity index is 2.31. The third-order valence-electron chi connectivity index (χ3n) is 2.18. The quantitative estimate of drug-likeness (QED) is 0.769. The summed E-state index contributed by atoms with van der Waals surface area (Å²) >= 11 is 0. The molecule has 0 aliphatic heterocycles. The molecule has 0 spiro atoms. The van der Waals surface area contributed by atoms with Crippen LogP contribution in [-0.2, 0) is 4.79 Å². The number of anilines is 1. The highest BCUT2D eigenvalue weighted by molar-refractivity contribution is 5.66. The number of aryl methyl sites for hydroxylation is 1. The third-order valence-corrected chi connectivity index (χ3v) is 2.18. The number of aromatic nitrogens is 2. The Hall–Kier alpha value is -1.65. The number of carboxylic acid groups (broad SMARTS) is 1. The van der Waals surface area contributed by atoms with Gasteiger partial charge in [-0.05, 0) is 32.3 Å². The van der Waals surface area contributed by atoms with Gasteiger partial charge in [0.05, 0.1) is 0 Å². The summed E-state index contributed by atoms with van der Waals surface area (Å²) in [4.78, 5) is 18.6. The average Bonchev–Trinajstić information content (AvgIpc) is 2.21. The number of carbonyl (C=O) groups is 1. The molecule has 2 N–H and O–H groups in total. The second kappa shape index (κ2) is 6.05. The van der Waals surface area contributed by atoms with Gasteiger partial charge in [0.1, 0.15) is 0 Å². The third kappa shape index (κ3) is 4.72. The molecule has 0 saturated carbocycles. The van der Waals surface area contributed by atoms with Crippen LogP contribution in [0.15, 0.2) is 12.4 Å². The fraction of sp³-hybridized carbons (Fsp3) is 0.545. The van der Waals surface area contributed by atoms with Crippen molar-refractivity contribution < 1.29 is 9.90 Å². The lowest BCUT2D eigenvalue weighted by molar-refractivity contribution is -0.137. The van der Waals surface area contributed by atoms with Gasteiger partial charge in [0.15, 0.2) is 0 Å². The molecule has 0 radical (unpaired) electrons. The molecule has 0 bridgehead atoms. The lowest BCUT2D eigenvalue weighted by atomic mass is 10.1. The van der Waals surface area contributed by atoms with E-state index in [1.54, 1.807) is 12.4 Å². The van der Waals surface area contributed by atoms with E-state index in [1.165, 1.54) is 0 Å². The summed E-state index contributed by atoms with van der Waals surface area (Å²) in [5, 5.41) is 11.6. The van der Waals surface area contributed by atoms with E-state index in [9.17, 15) is 4.79 Å². The van der Waals surface area contributed by atoms with Crippen LogP contribution in [0.3, 0.4) is 0 Å². The predicted octanol–water partition coefficient (Wildman–Crippen LogP) is 1.84. The fourth-order valence-corrected chi connectivity index (χ4v) is 1.32. The second-order valence-corrected chi connectivity index (χ2v) is 3.92. The van der Waals surface area contributed by atoms with Gasteiger partial charge in [0.2, 0.25) is 5.95 Å². The zero-order valence-electron chi connectivity index (χ0n) is 9.60. The normalized spacial score (nSPS) is 12.1. The maximum absolute atomic E-state index is 10.3. The van der Waals surface area contributed by atoms with E-state index in [4.69, 9.17) is 5.11 Å². The van der Waals surface area contributed by atoms with Crippen LogP contribution in [0.25, 0.3) is 0 Å². The largest absolute Gasteiger partial charge is 0.481 e. The number of hydrogen-bond donors (Lipinski definition) is 2. The molecule has 5 heteroatoms. The van der Waals surface area contributed by atoms with Gasteiger partial charge in [0.25, 0.3) is 0 Å². The van der Waals surface area contributed by atoms with Gasteiger partial charge in [-0.3, -0.25) is 4.79 Å². The highest BCUT2D eigenvalue weighted by atomic mass is 16.4. The summed E-state index contributed by atoms with van der Waals surface area (Å²) in [6.07, 6.45) is 5.16. The van der Waals surface area contributed by atoms with Crippen molar-refractivity contribution in [1.29, 1.82) is 0 Å². The summed E-state index contributed by atoms with van der Waals surface area (Å²) in [7, 11) is 0. The molecule has 0 amide bonds. The molecule has 5 nitrogen and oxygen atoms in total. The Labute approximate surface area is 94.9 Å². The van der Waals surface area contributed by atoms with Crippen molar-refractivity contribution in [1.82, 2.24) is 9.97 Å². The van der Waals surface area contributed by atoms with E-state index in [0.717, 1.165) is 12.0 Å². The Morgan fingerprint density at radius 3 is 2.69 bits per heavy atom. The molecule has 88 valence electrons. The zero-order chi connectivity index (χ0) is 12.0. The first-order chi connectivity index (χ1) is 7.58. The van der Waals surface area contributed by atoms with Gasteiger partial charge in [0, 0.05) is 24.9 Å². The molecule has 1 rings (SSSR count). The van der Waals surface area contributed by atoms with Crippen LogP contribution in [0.2, 0.25) is 0 Å². The maximum Gasteiger partial charge on any atom is 0.303 e. The molecule has 1 heterocycles. The number of nitrogens with zero attached hydrogens (tertiary/aromatic N) is 2. The first-order valence-electron chi connectivity index (χ1n) is 5.35. The molecule has 0 fully saturated rings. The summed E-state index contributed by atoms with van der Waals surface area (Å²) in [6, 6.07) is 0.182. The van der Waals surface area contributed by atoms with Crippen molar-refractivity contribution in [2.45, 2.75) is 39.2 Å². The minimum Gasteiger partial charge on any atom is -0.481 e. The van der Waals surface area contributed by atoms with E-state index >= 15 is 0 Å². The molecule has 16 heavy (non-hydrogen) atoms. The van der Waals surface area contributed by atoms with Crippen LogP contribution >= 0.6 is 0 Å². The highest BCUT2D eigenvalue weighted by Gasteiger charge is 2.05. The SMILES string of the molecule is Cc1cnc(NC(C)CCCC(=O)O)nc1. The first kappa shape index (κ1) is 12.4. The van der Waals surface area contributed by atoms with E-state index in [1.807, 2.05) is 13.8 Å². The monoisotopic (exact) mass is 223 g/mol. The molecule has 1 aromatic heterocycles. The van der Waals surface area contributed by atoms with Crippen LogP contribution in [0, 0.1) is 6.92 Å². The predicted molar refractivity (Wildman–Crippen MR) is 61.3 cm³/mol. The van der Waals surface area contributed by atoms with Gasteiger partial charge in [-0.15, -0.1) is 0 Å². The van der Waals surface area contributed by atoms with Crippen molar-refractivity contribution in [3.8, 4) is 0 Å². The van der Waals surface area contributed by atoms with Gasteiger partial charge in [-0.2, -0.15) is 0 Å². The topological polar surface area (TPSA) is 75.1 Å². The molecular weight excluding hydrogens is 206 g/mol. The van der Waals surface area contributed by atoms with Gasteiger partial charge < -0.3 is 10.4 Å². The molecule has 1 unspecified atom stereocenters. The minimum atomic E-state index is -0.751. The Morgan fingerprint density at radius 2 is 2.12 bits per heavy atom. The first-order valence-corrected chi connectivity index (χ1v) is 5.35. The fourth-order valence-electron chi connectivity index (χ4n) is 1.32. The average molecular weight is 223 g/mol. The molecule has 0 aliphatic carbocycles. The number of carboxylic acids is 1. The Bertz CT molecular complexity index is 338. The van der Waals surface area contributed by atoms with Gasteiger partial charge in [-0.25, -0.2) is 9.97 Å². The smallest absolute Gasteiger partial charge is 0.303 e. The lowest BCUT2D eigenvalue weighted by Gasteiger charge is -2.12. The summed E-state index contributed by atoms with van der Waals surface area (Å²) in [5.41, 5.74) is 1.02. The number of nitrogens with one attached hydrogen (secondary N) is 1. The molecule has 0 saturated heterocycles. The molecule has 1 aromatic rings. The van der Waals surface area contributed by atoms with Crippen molar-refractivity contribution in [3.05, 3.63) is 18.0 Å². The zero-order valence-corrected chi connectivity index (χ0v) is 9.60. The van der Waals surface area contributed by atoms with E-state index in [2.05, 4.69) is 15.3 Å². The van der Waals surface area contributed by atoms with Gasteiger partial charge in [-0.1, -0.05) is 0 Å². The summed E-state index contributed by atoms with van der Waals surface area (Å²) in [5.74, 6) is -0.160. The molecule has 0 aromatic carbocycles. The van der Waals surface area contributed by atoms with Crippen LogP contribution in [0.4, 0.5) is 5.95 Å². The van der Waals surface area contributed by atoms with Crippen LogP contribution in [0.1, 0.15) is 31.7 Å². The van der Waals surface area contributed by atoms with Crippen molar-refractivity contribution >= 4 is 11.9 Å². The number of aliphatic carboxylic acids is 1. The lowest BCUT2D eigenvalue weighted by Crippen LogP contribution is -2.17. The summed E-state index contributed by atoms with van der Waals surface area (Å²) < 4.78 is 0. The molecular formula is C11H17N3O2. The van der Waals surface area contributed by atoms with E-state index < -0.39 is 5.97 Å². The highest BCUT2D eigenvalue weighted by Crippen LogP contribution is 2.06. The number of rotatable bonds is 6. The number of hydrogen-bond acceptors (Lipinski definition) is 4. The maximum atomic E-state index is 10.3. The van der Waals surface area contributed by atoms with Crippen molar-refractivity contribution in [2.24, 2.45) is 0 Å². The van der Waals surface area contributed by atoms with Crippen molar-refractivity contribution in [3.63, 3.8) is 0 Å². The molecule has 1 atom stereocenters. The Kier molecular flexibility index (Phi) is 4.69. The van der Waals surface area contributed by atoms with E-state index in [0.29, 0.717) is 12.4 Å². The molecule has 0 aliphatic rings. The van der Waals surface area contributed by atoms with Gasteiger partial charge >= 0.3 is 5.97 Å².